The van der Waals surface area contributed by atoms with E-state index >= 15 is 0 Å². The number of carbonyl (C=O) groups is 1. The monoisotopic (exact) mass is 353 g/mol. The zero-order valence-electron chi connectivity index (χ0n) is 8.28. The molecular formula is C10H6F2INO3. The molecule has 0 saturated heterocycles. The van der Waals surface area contributed by atoms with E-state index in [9.17, 15) is 13.6 Å². The highest BCUT2D eigenvalue weighted by atomic mass is 127. The molecule has 1 N–H and O–H groups in total. The Kier molecular flexibility index (Phi) is 4.62. The fraction of sp³-hybridized carbons (Fsp3) is 0.200. The predicted molar refractivity (Wildman–Crippen MR) is 61.8 cm³/mol. The molecule has 0 unspecified atom stereocenters. The zero-order chi connectivity index (χ0) is 13.0. The van der Waals surface area contributed by atoms with Crippen molar-refractivity contribution >= 4 is 28.6 Å². The lowest BCUT2D eigenvalue weighted by molar-refractivity contribution is -0.136. The summed E-state index contributed by atoms with van der Waals surface area (Å²) in [6.45, 7) is -3.06. The van der Waals surface area contributed by atoms with Crippen molar-refractivity contribution in [3.63, 3.8) is 0 Å². The largest absolute Gasteiger partial charge is 0.481 e. The maximum absolute atomic E-state index is 12.1. The molecule has 0 saturated carbocycles. The summed E-state index contributed by atoms with van der Waals surface area (Å²) in [5.41, 5.74) is 0.275. The van der Waals surface area contributed by atoms with E-state index < -0.39 is 19.0 Å². The standard InChI is InChI=1S/C10H6F2INO3/c11-10(12)17-8-2-6(4-14)7(13)1-5(8)3-9(15)16/h1-2,10H,3H2,(H,15,16). The summed E-state index contributed by atoms with van der Waals surface area (Å²) < 4.78 is 28.9. The quantitative estimate of drug-likeness (QED) is 0.844. The number of nitriles is 1. The molecule has 90 valence electrons. The molecule has 0 aliphatic heterocycles. The van der Waals surface area contributed by atoms with E-state index in [1.54, 1.807) is 0 Å². The molecular weight excluding hydrogens is 347 g/mol. The number of nitrogens with zero attached hydrogens (tertiary/aromatic N) is 1. The first-order valence-corrected chi connectivity index (χ1v) is 5.41. The summed E-state index contributed by atoms with van der Waals surface area (Å²) in [5.74, 6) is -1.44. The van der Waals surface area contributed by atoms with Crippen molar-refractivity contribution in [1.29, 1.82) is 5.26 Å². The van der Waals surface area contributed by atoms with Gasteiger partial charge in [-0.3, -0.25) is 4.79 Å². The van der Waals surface area contributed by atoms with Crippen LogP contribution < -0.4 is 4.74 Å². The Hall–Kier alpha value is -1.43. The first-order chi connectivity index (χ1) is 7.93. The fourth-order valence-corrected chi connectivity index (χ4v) is 1.84. The molecule has 0 aliphatic rings. The maximum atomic E-state index is 12.1. The summed E-state index contributed by atoms with van der Waals surface area (Å²) in [5, 5.41) is 17.4. The second-order valence-electron chi connectivity index (χ2n) is 3.00. The lowest BCUT2D eigenvalue weighted by atomic mass is 10.1. The third-order valence-corrected chi connectivity index (χ3v) is 2.72. The van der Waals surface area contributed by atoms with Crippen molar-refractivity contribution in [2.24, 2.45) is 0 Å². The van der Waals surface area contributed by atoms with Gasteiger partial charge in [0.1, 0.15) is 11.8 Å². The molecule has 1 aromatic carbocycles. The van der Waals surface area contributed by atoms with Crippen molar-refractivity contribution in [2.45, 2.75) is 13.0 Å². The van der Waals surface area contributed by atoms with Crippen LogP contribution in [0.3, 0.4) is 0 Å². The van der Waals surface area contributed by atoms with Crippen LogP contribution in [0, 0.1) is 14.9 Å². The highest BCUT2D eigenvalue weighted by molar-refractivity contribution is 14.1. The predicted octanol–water partition coefficient (Wildman–Crippen LogP) is 2.39. The number of benzene rings is 1. The minimum Gasteiger partial charge on any atom is -0.481 e. The number of alkyl halides is 2. The number of ether oxygens (including phenoxy) is 1. The second kappa shape index (κ2) is 5.77. The van der Waals surface area contributed by atoms with Crippen LogP contribution in [0.15, 0.2) is 12.1 Å². The van der Waals surface area contributed by atoms with Gasteiger partial charge in [0.15, 0.2) is 0 Å². The van der Waals surface area contributed by atoms with Crippen molar-refractivity contribution in [1.82, 2.24) is 0 Å². The first-order valence-electron chi connectivity index (χ1n) is 4.33. The molecule has 17 heavy (non-hydrogen) atoms. The number of rotatable bonds is 4. The summed E-state index contributed by atoms with van der Waals surface area (Å²) in [6, 6.07) is 4.28. The van der Waals surface area contributed by atoms with E-state index in [1.165, 1.54) is 6.07 Å². The third-order valence-electron chi connectivity index (χ3n) is 1.83. The highest BCUT2D eigenvalue weighted by Crippen LogP contribution is 2.26. The Morgan fingerprint density at radius 1 is 1.59 bits per heavy atom. The molecule has 0 aliphatic carbocycles. The average Bonchev–Trinajstić information content (AvgIpc) is 2.20. The number of hydrogen-bond donors (Lipinski definition) is 1. The van der Waals surface area contributed by atoms with Crippen molar-refractivity contribution < 1.29 is 23.4 Å². The minimum absolute atomic E-state index is 0.112. The van der Waals surface area contributed by atoms with Crippen LogP contribution in [0.2, 0.25) is 0 Å². The molecule has 0 spiro atoms. The lowest BCUT2D eigenvalue weighted by Crippen LogP contribution is -2.08. The van der Waals surface area contributed by atoms with Gasteiger partial charge in [-0.15, -0.1) is 0 Å². The Morgan fingerprint density at radius 3 is 2.71 bits per heavy atom. The van der Waals surface area contributed by atoms with E-state index in [0.717, 1.165) is 6.07 Å². The Morgan fingerprint density at radius 2 is 2.24 bits per heavy atom. The summed E-state index contributed by atoms with van der Waals surface area (Å²) in [6.07, 6.45) is -0.441. The molecule has 0 bridgehead atoms. The highest BCUT2D eigenvalue weighted by Gasteiger charge is 2.15. The van der Waals surface area contributed by atoms with E-state index in [0.29, 0.717) is 3.57 Å². The summed E-state index contributed by atoms with van der Waals surface area (Å²) in [4.78, 5) is 10.6. The molecule has 0 heterocycles. The van der Waals surface area contributed by atoms with E-state index in [-0.39, 0.29) is 16.9 Å². The SMILES string of the molecule is N#Cc1cc(OC(F)F)c(CC(=O)O)cc1I. The van der Waals surface area contributed by atoms with Crippen LogP contribution >= 0.6 is 22.6 Å². The van der Waals surface area contributed by atoms with Crippen LogP contribution in [0.25, 0.3) is 0 Å². The number of hydrogen-bond acceptors (Lipinski definition) is 3. The topological polar surface area (TPSA) is 70.3 Å². The molecule has 0 aromatic heterocycles. The Bertz CT molecular complexity index is 485. The van der Waals surface area contributed by atoms with Gasteiger partial charge < -0.3 is 9.84 Å². The van der Waals surface area contributed by atoms with Crippen molar-refractivity contribution in [3.05, 3.63) is 26.8 Å². The van der Waals surface area contributed by atoms with Crippen molar-refractivity contribution in [3.8, 4) is 11.8 Å². The van der Waals surface area contributed by atoms with Gasteiger partial charge in [-0.05, 0) is 34.7 Å². The summed E-state index contributed by atoms with van der Waals surface area (Å²) in [7, 11) is 0. The van der Waals surface area contributed by atoms with Gasteiger partial charge >= 0.3 is 12.6 Å². The molecule has 7 heteroatoms. The van der Waals surface area contributed by atoms with E-state index in [2.05, 4.69) is 4.74 Å². The Labute approximate surface area is 109 Å². The van der Waals surface area contributed by atoms with Crippen LogP contribution in [-0.4, -0.2) is 17.7 Å². The smallest absolute Gasteiger partial charge is 0.387 e. The van der Waals surface area contributed by atoms with Gasteiger partial charge in [-0.1, -0.05) is 0 Å². The zero-order valence-corrected chi connectivity index (χ0v) is 10.4. The number of aliphatic carboxylic acids is 1. The molecule has 0 fully saturated rings. The van der Waals surface area contributed by atoms with Gasteiger partial charge in [0, 0.05) is 9.13 Å². The Balaban J connectivity index is 3.21. The second-order valence-corrected chi connectivity index (χ2v) is 4.16. The maximum Gasteiger partial charge on any atom is 0.387 e. The molecule has 1 aromatic rings. The van der Waals surface area contributed by atoms with Crippen LogP contribution in [0.4, 0.5) is 8.78 Å². The van der Waals surface area contributed by atoms with E-state index in [4.69, 9.17) is 10.4 Å². The van der Waals surface area contributed by atoms with Crippen LogP contribution in [-0.2, 0) is 11.2 Å². The van der Waals surface area contributed by atoms with Gasteiger partial charge in [0.05, 0.1) is 12.0 Å². The van der Waals surface area contributed by atoms with Gasteiger partial charge in [0.2, 0.25) is 0 Å². The molecule has 0 radical (unpaired) electrons. The molecule has 4 nitrogen and oxygen atoms in total. The number of carboxylic acid groups (broad SMARTS) is 1. The lowest BCUT2D eigenvalue weighted by Gasteiger charge is -2.10. The normalized spacial score (nSPS) is 10.1. The molecule has 0 atom stereocenters. The van der Waals surface area contributed by atoms with Gasteiger partial charge in [-0.25, -0.2) is 0 Å². The van der Waals surface area contributed by atoms with Crippen LogP contribution in [0.1, 0.15) is 11.1 Å². The summed E-state index contributed by atoms with van der Waals surface area (Å²) >= 11 is 1.82. The van der Waals surface area contributed by atoms with Crippen molar-refractivity contribution in [2.75, 3.05) is 0 Å². The number of carboxylic acids is 1. The first kappa shape index (κ1) is 13.6. The van der Waals surface area contributed by atoms with Gasteiger partial charge in [-0.2, -0.15) is 14.0 Å². The van der Waals surface area contributed by atoms with Crippen LogP contribution in [0.5, 0.6) is 5.75 Å². The van der Waals surface area contributed by atoms with Gasteiger partial charge in [0.25, 0.3) is 0 Å². The average molecular weight is 353 g/mol. The third kappa shape index (κ3) is 3.81. The minimum atomic E-state index is -3.06. The number of halogens is 3. The molecule has 1 rings (SSSR count). The van der Waals surface area contributed by atoms with E-state index in [1.807, 2.05) is 28.7 Å². The fourth-order valence-electron chi connectivity index (χ4n) is 1.19. The molecule has 0 amide bonds.